The largest absolute Gasteiger partial charge is 0.508 e. The maximum Gasteiger partial charge on any atom is 0.253 e. The van der Waals surface area contributed by atoms with Gasteiger partial charge < -0.3 is 20.2 Å². The van der Waals surface area contributed by atoms with Crippen LogP contribution in [0, 0.1) is 5.92 Å². The molecule has 0 radical (unpaired) electrons. The fourth-order valence-corrected chi connectivity index (χ4v) is 2.88. The summed E-state index contributed by atoms with van der Waals surface area (Å²) in [6.07, 6.45) is -0.0206. The van der Waals surface area contributed by atoms with Crippen molar-refractivity contribution in [2.24, 2.45) is 5.92 Å². The van der Waals surface area contributed by atoms with Crippen molar-refractivity contribution in [3.8, 4) is 5.75 Å². The highest BCUT2D eigenvalue weighted by molar-refractivity contribution is 6.42. The average molecular weight is 334 g/mol. The van der Waals surface area contributed by atoms with Gasteiger partial charge in [-0.3, -0.25) is 4.79 Å². The minimum atomic E-state index is -1.36. The summed E-state index contributed by atoms with van der Waals surface area (Å²) in [7, 11) is 0. The number of carbonyl (C=O) groups is 1. The topological polar surface area (TPSA) is 81.0 Å². The van der Waals surface area contributed by atoms with E-state index in [-0.39, 0.29) is 11.7 Å². The molecule has 3 N–H and O–H groups in total. The summed E-state index contributed by atoms with van der Waals surface area (Å²) >= 11 is 11.8. The summed E-state index contributed by atoms with van der Waals surface area (Å²) in [5.41, 5.74) is 0.686. The van der Waals surface area contributed by atoms with E-state index >= 15 is 0 Å². The van der Waals surface area contributed by atoms with Gasteiger partial charge in [-0.2, -0.15) is 0 Å². The Labute approximate surface area is 132 Å². The predicted octanol–water partition coefficient (Wildman–Crippen LogP) is 1.44. The number of hydrogen-bond acceptors (Lipinski definition) is 4. The number of benzene rings is 1. The fraction of sp³-hybridized carbons (Fsp3) is 0.500. The zero-order valence-electron chi connectivity index (χ0n) is 11.3. The number of likely N-dealkylation sites (tertiary alicyclic amines) is 1. The van der Waals surface area contributed by atoms with E-state index < -0.39 is 18.6 Å². The van der Waals surface area contributed by atoms with Gasteiger partial charge in [0.25, 0.3) is 5.91 Å². The van der Waals surface area contributed by atoms with Crippen LogP contribution >= 0.6 is 23.2 Å². The maximum atomic E-state index is 11.8. The van der Waals surface area contributed by atoms with E-state index in [0.29, 0.717) is 35.1 Å². The van der Waals surface area contributed by atoms with Gasteiger partial charge in [0.15, 0.2) is 6.10 Å². The smallest absolute Gasteiger partial charge is 0.253 e. The van der Waals surface area contributed by atoms with Crippen LogP contribution in [0.1, 0.15) is 12.0 Å². The molecule has 0 saturated carbocycles. The molecule has 116 valence electrons. The van der Waals surface area contributed by atoms with E-state index in [1.807, 2.05) is 0 Å². The SMILES string of the molecule is O=C(C(O)CO)N1CCC(Cc2cc(Cl)c(Cl)cc2O)C1. The second kappa shape index (κ2) is 6.83. The van der Waals surface area contributed by atoms with Crippen molar-refractivity contribution in [2.45, 2.75) is 18.9 Å². The number of phenolic OH excluding ortho intramolecular Hbond substituents is 1. The molecule has 5 nitrogen and oxygen atoms in total. The molecule has 1 fully saturated rings. The minimum absolute atomic E-state index is 0.0876. The standard InChI is InChI=1S/C14H17Cl2NO4/c15-10-4-9(12(19)5-11(10)16)3-8-1-2-17(6-8)14(21)13(20)7-18/h4-5,8,13,18-20H,1-3,6-7H2. The highest BCUT2D eigenvalue weighted by Gasteiger charge is 2.30. The Bertz CT molecular complexity index is 538. The van der Waals surface area contributed by atoms with Gasteiger partial charge in [-0.1, -0.05) is 23.2 Å². The highest BCUT2D eigenvalue weighted by atomic mass is 35.5. The van der Waals surface area contributed by atoms with Crippen LogP contribution in [-0.4, -0.2) is 51.9 Å². The highest BCUT2D eigenvalue weighted by Crippen LogP contribution is 2.32. The third-order valence-corrected chi connectivity index (χ3v) is 4.41. The summed E-state index contributed by atoms with van der Waals surface area (Å²) in [5.74, 6) is -0.203. The Morgan fingerprint density at radius 1 is 1.38 bits per heavy atom. The van der Waals surface area contributed by atoms with Crippen LogP contribution < -0.4 is 0 Å². The zero-order valence-corrected chi connectivity index (χ0v) is 12.8. The van der Waals surface area contributed by atoms with Gasteiger partial charge in [0.1, 0.15) is 5.75 Å². The molecule has 7 heteroatoms. The summed E-state index contributed by atoms with van der Waals surface area (Å²) in [6, 6.07) is 3.04. The van der Waals surface area contributed by atoms with Crippen molar-refractivity contribution in [3.63, 3.8) is 0 Å². The lowest BCUT2D eigenvalue weighted by Gasteiger charge is -2.19. The molecule has 0 aliphatic carbocycles. The molecule has 1 aromatic rings. The number of phenols is 1. The van der Waals surface area contributed by atoms with Gasteiger partial charge >= 0.3 is 0 Å². The first-order valence-electron chi connectivity index (χ1n) is 6.67. The van der Waals surface area contributed by atoms with Crippen molar-refractivity contribution in [2.75, 3.05) is 19.7 Å². The minimum Gasteiger partial charge on any atom is -0.508 e. The van der Waals surface area contributed by atoms with E-state index in [9.17, 15) is 15.0 Å². The van der Waals surface area contributed by atoms with Crippen LogP contribution in [-0.2, 0) is 11.2 Å². The summed E-state index contributed by atoms with van der Waals surface area (Å²) < 4.78 is 0. The fourth-order valence-electron chi connectivity index (χ4n) is 2.54. The van der Waals surface area contributed by atoms with E-state index in [1.54, 1.807) is 6.07 Å². The van der Waals surface area contributed by atoms with Crippen molar-refractivity contribution in [3.05, 3.63) is 27.7 Å². The number of halogens is 2. The molecule has 1 saturated heterocycles. The van der Waals surface area contributed by atoms with Crippen molar-refractivity contribution in [1.29, 1.82) is 0 Å². The summed E-state index contributed by atoms with van der Waals surface area (Å²) in [6.45, 7) is 0.436. The first kappa shape index (κ1) is 16.4. The number of amides is 1. The van der Waals surface area contributed by atoms with Crippen LogP contribution in [0.25, 0.3) is 0 Å². The molecular formula is C14H17Cl2NO4. The third-order valence-electron chi connectivity index (χ3n) is 3.69. The van der Waals surface area contributed by atoms with Crippen LogP contribution in [0.4, 0.5) is 0 Å². The van der Waals surface area contributed by atoms with E-state index in [2.05, 4.69) is 0 Å². The molecule has 1 aromatic carbocycles. The number of aliphatic hydroxyl groups excluding tert-OH is 2. The molecule has 1 aliphatic rings. The van der Waals surface area contributed by atoms with Gasteiger partial charge in [-0.05, 0) is 30.4 Å². The Morgan fingerprint density at radius 2 is 2.05 bits per heavy atom. The second-order valence-electron chi connectivity index (χ2n) is 5.24. The van der Waals surface area contributed by atoms with Gasteiger partial charge in [0.05, 0.1) is 16.7 Å². The van der Waals surface area contributed by atoms with Gasteiger partial charge in [0, 0.05) is 19.2 Å². The molecule has 1 aliphatic heterocycles. The number of carbonyl (C=O) groups excluding carboxylic acids is 1. The van der Waals surface area contributed by atoms with Crippen LogP contribution in [0.2, 0.25) is 10.0 Å². The van der Waals surface area contributed by atoms with Crippen LogP contribution in [0.15, 0.2) is 12.1 Å². The van der Waals surface area contributed by atoms with Crippen molar-refractivity contribution in [1.82, 2.24) is 4.90 Å². The number of rotatable bonds is 4. The maximum absolute atomic E-state index is 11.8. The molecule has 0 bridgehead atoms. The van der Waals surface area contributed by atoms with Crippen molar-refractivity contribution >= 4 is 29.1 Å². The van der Waals surface area contributed by atoms with Gasteiger partial charge in [-0.25, -0.2) is 0 Å². The van der Waals surface area contributed by atoms with Crippen LogP contribution in [0.5, 0.6) is 5.75 Å². The predicted molar refractivity (Wildman–Crippen MR) is 79.6 cm³/mol. The quantitative estimate of drug-likeness (QED) is 0.778. The molecule has 1 amide bonds. The lowest BCUT2D eigenvalue weighted by atomic mass is 9.98. The second-order valence-corrected chi connectivity index (χ2v) is 6.05. The molecule has 0 spiro atoms. The Hall–Kier alpha value is -1.01. The van der Waals surface area contributed by atoms with Gasteiger partial charge in [0.2, 0.25) is 0 Å². The monoisotopic (exact) mass is 333 g/mol. The Balaban J connectivity index is 2.00. The van der Waals surface area contributed by atoms with E-state index in [1.165, 1.54) is 11.0 Å². The number of hydrogen-bond donors (Lipinski definition) is 3. The Kier molecular flexibility index (Phi) is 5.32. The number of aliphatic hydroxyl groups is 2. The molecular weight excluding hydrogens is 317 g/mol. The summed E-state index contributed by atoms with van der Waals surface area (Å²) in [4.78, 5) is 13.3. The molecule has 0 aromatic heterocycles. The van der Waals surface area contributed by atoms with Crippen molar-refractivity contribution < 1.29 is 20.1 Å². The van der Waals surface area contributed by atoms with Crippen LogP contribution in [0.3, 0.4) is 0 Å². The number of aromatic hydroxyl groups is 1. The number of nitrogens with zero attached hydrogens (tertiary/aromatic N) is 1. The molecule has 21 heavy (non-hydrogen) atoms. The van der Waals surface area contributed by atoms with Gasteiger partial charge in [-0.15, -0.1) is 0 Å². The normalized spacial score (nSPS) is 19.8. The third kappa shape index (κ3) is 3.80. The van der Waals surface area contributed by atoms with E-state index in [4.69, 9.17) is 28.3 Å². The molecule has 2 rings (SSSR count). The first-order valence-corrected chi connectivity index (χ1v) is 7.42. The lowest BCUT2D eigenvalue weighted by Crippen LogP contribution is -2.39. The Morgan fingerprint density at radius 3 is 2.71 bits per heavy atom. The van der Waals surface area contributed by atoms with E-state index in [0.717, 1.165) is 6.42 Å². The zero-order chi connectivity index (χ0) is 15.6. The molecule has 2 unspecified atom stereocenters. The summed E-state index contributed by atoms with van der Waals surface area (Å²) in [5, 5.41) is 28.7. The first-order chi connectivity index (χ1) is 9.92. The molecule has 2 atom stereocenters. The average Bonchev–Trinajstić information content (AvgIpc) is 2.91. The molecule has 1 heterocycles. The lowest BCUT2D eigenvalue weighted by molar-refractivity contribution is -0.141.